The van der Waals surface area contributed by atoms with Crippen molar-refractivity contribution in [2.75, 3.05) is 18.4 Å². The van der Waals surface area contributed by atoms with E-state index in [4.69, 9.17) is 14.6 Å². The normalized spacial score (nSPS) is 14.7. The number of likely N-dealkylation sites (tertiary alicyclic amines) is 1. The average Bonchev–Trinajstić information content (AvgIpc) is 3.56. The molecule has 1 aliphatic heterocycles. The van der Waals surface area contributed by atoms with E-state index in [1.54, 1.807) is 33.6 Å². The number of aromatic nitrogens is 4. The third kappa shape index (κ3) is 8.49. The van der Waals surface area contributed by atoms with Crippen LogP contribution in [0, 0.1) is 0 Å². The summed E-state index contributed by atoms with van der Waals surface area (Å²) < 4.78 is 14.8. The highest BCUT2D eigenvalue weighted by molar-refractivity contribution is 6.07. The smallest absolute Gasteiger partial charge is 0.410 e. The molecule has 2 amide bonds. The molecular weight excluding hydrogens is 570 g/mol. The summed E-state index contributed by atoms with van der Waals surface area (Å²) in [4.78, 5) is 32.4. The second-order valence-electron chi connectivity index (χ2n) is 12.9. The van der Waals surface area contributed by atoms with E-state index in [2.05, 4.69) is 22.0 Å². The van der Waals surface area contributed by atoms with Crippen LogP contribution in [-0.4, -0.2) is 67.0 Å². The van der Waals surface area contributed by atoms with Crippen LogP contribution in [0.4, 0.5) is 16.4 Å². The van der Waals surface area contributed by atoms with E-state index in [9.17, 15) is 9.59 Å². The van der Waals surface area contributed by atoms with E-state index >= 15 is 0 Å². The van der Waals surface area contributed by atoms with Gasteiger partial charge in [-0.05, 0) is 92.5 Å². The highest BCUT2D eigenvalue weighted by Crippen LogP contribution is 2.32. The van der Waals surface area contributed by atoms with E-state index in [0.29, 0.717) is 36.0 Å². The summed E-state index contributed by atoms with van der Waals surface area (Å²) in [6.45, 7) is 20.4. The Bertz CT molecular complexity index is 1580. The zero-order valence-electron chi connectivity index (χ0n) is 27.6. The quantitative estimate of drug-likeness (QED) is 0.208. The predicted octanol–water partition coefficient (Wildman–Crippen LogP) is 7.43. The largest absolute Gasteiger partial charge is 0.488 e. The Morgan fingerprint density at radius 3 is 2.24 bits per heavy atom. The highest BCUT2D eigenvalue weighted by Gasteiger charge is 2.30. The minimum absolute atomic E-state index is 0.0949. The Morgan fingerprint density at radius 1 is 1.02 bits per heavy atom. The molecule has 240 valence electrons. The maximum Gasteiger partial charge on any atom is 0.410 e. The molecule has 1 fully saturated rings. The average molecular weight is 616 g/mol. The first kappa shape index (κ1) is 33.2. The van der Waals surface area contributed by atoms with Gasteiger partial charge in [-0.1, -0.05) is 12.7 Å². The van der Waals surface area contributed by atoms with Crippen LogP contribution in [-0.2, 0) is 9.47 Å². The molecule has 3 heterocycles. The van der Waals surface area contributed by atoms with Crippen LogP contribution < -0.4 is 5.32 Å². The lowest BCUT2D eigenvalue weighted by molar-refractivity contribution is 0.0203. The number of nitrogens with zero attached hydrogens (tertiary/aromatic N) is 6. The van der Waals surface area contributed by atoms with Gasteiger partial charge in [0.1, 0.15) is 28.3 Å². The molecule has 0 saturated carbocycles. The fourth-order valence-corrected chi connectivity index (χ4v) is 4.99. The molecule has 11 nitrogen and oxygen atoms in total. The zero-order valence-corrected chi connectivity index (χ0v) is 27.6. The Hall–Kier alpha value is -4.67. The van der Waals surface area contributed by atoms with Crippen LogP contribution >= 0.6 is 0 Å². The van der Waals surface area contributed by atoms with Crippen LogP contribution in [0.1, 0.15) is 95.8 Å². The fourth-order valence-electron chi connectivity index (χ4n) is 4.99. The number of hydrogen-bond donors (Lipinski definition) is 1. The van der Waals surface area contributed by atoms with Crippen LogP contribution in [0.3, 0.4) is 0 Å². The number of rotatable bonds is 8. The van der Waals surface area contributed by atoms with Crippen molar-refractivity contribution in [1.82, 2.24) is 24.5 Å². The number of anilines is 1. The Kier molecular flexibility index (Phi) is 10.00. The molecule has 0 radical (unpaired) electrons. The van der Waals surface area contributed by atoms with Crippen molar-refractivity contribution < 1.29 is 19.1 Å². The molecule has 0 atom stereocenters. The lowest BCUT2D eigenvalue weighted by Gasteiger charge is -2.32. The van der Waals surface area contributed by atoms with Crippen LogP contribution in [0.25, 0.3) is 17.6 Å². The summed E-state index contributed by atoms with van der Waals surface area (Å²) in [6, 6.07) is 9.58. The van der Waals surface area contributed by atoms with Crippen molar-refractivity contribution >= 4 is 41.8 Å². The molecular formula is C34H45N7O4. The van der Waals surface area contributed by atoms with Gasteiger partial charge in [-0.2, -0.15) is 10.2 Å². The monoisotopic (exact) mass is 615 g/mol. The first-order valence-electron chi connectivity index (χ1n) is 15.3. The van der Waals surface area contributed by atoms with Gasteiger partial charge in [0.05, 0.1) is 17.6 Å². The van der Waals surface area contributed by atoms with E-state index in [1.807, 2.05) is 84.9 Å². The number of piperidine rings is 1. The van der Waals surface area contributed by atoms with Crippen LogP contribution in [0.15, 0.2) is 54.2 Å². The fraction of sp³-hybridized carbons (Fsp3) is 0.441. The lowest BCUT2D eigenvalue weighted by atomic mass is 9.94. The van der Waals surface area contributed by atoms with Crippen molar-refractivity contribution in [3.05, 3.63) is 66.0 Å². The number of ether oxygens (including phenoxy) is 2. The van der Waals surface area contributed by atoms with Gasteiger partial charge in [-0.25, -0.2) is 19.2 Å². The standard InChI is InChI=1S/C34H45N7O4/c1-10-18-40-30(35-11-2)27(22-36-40)31(42)37-29-21-28(25-16-19-39(20-17-25)32(43)45-34(7,8)9)38-41(29)26-14-12-24(13-15-26)23(3)44-33(4,5)6/h10-15,18,21-22,25H,3,16-17,19-20H2,1-2,4-9H3,(H,37,42)/b18-10-,35-11-. The van der Waals surface area contributed by atoms with Gasteiger partial charge >= 0.3 is 6.09 Å². The molecule has 1 N–H and O–H groups in total. The number of amides is 2. The minimum Gasteiger partial charge on any atom is -0.488 e. The molecule has 1 saturated heterocycles. The summed E-state index contributed by atoms with van der Waals surface area (Å²) >= 11 is 0. The molecule has 3 aromatic rings. The summed E-state index contributed by atoms with van der Waals surface area (Å²) in [5.41, 5.74) is 1.84. The second kappa shape index (κ2) is 13.5. The number of aliphatic imine (C=N–C) groups is 1. The van der Waals surface area contributed by atoms with Gasteiger partial charge in [0, 0.05) is 43.1 Å². The summed E-state index contributed by atoms with van der Waals surface area (Å²) in [5, 5.41) is 12.3. The minimum atomic E-state index is -0.549. The topological polar surface area (TPSA) is 116 Å². The number of nitrogens with one attached hydrogen (secondary N) is 1. The van der Waals surface area contributed by atoms with Gasteiger partial charge in [0.2, 0.25) is 0 Å². The van der Waals surface area contributed by atoms with Crippen molar-refractivity contribution in [2.24, 2.45) is 4.99 Å². The van der Waals surface area contributed by atoms with Crippen molar-refractivity contribution in [1.29, 1.82) is 0 Å². The van der Waals surface area contributed by atoms with E-state index < -0.39 is 5.60 Å². The number of carbonyl (C=O) groups is 2. The van der Waals surface area contributed by atoms with Crippen molar-refractivity contribution in [3.8, 4) is 5.69 Å². The third-order valence-electron chi connectivity index (χ3n) is 6.95. The molecule has 0 bridgehead atoms. The molecule has 2 aromatic heterocycles. The first-order chi connectivity index (χ1) is 21.2. The lowest BCUT2D eigenvalue weighted by Crippen LogP contribution is -2.41. The molecule has 0 spiro atoms. The number of allylic oxidation sites excluding steroid dienone is 1. The zero-order chi connectivity index (χ0) is 32.9. The van der Waals surface area contributed by atoms with Crippen molar-refractivity contribution in [3.63, 3.8) is 0 Å². The Balaban J connectivity index is 1.63. The molecule has 0 unspecified atom stereocenters. The second-order valence-corrected chi connectivity index (χ2v) is 12.9. The first-order valence-corrected chi connectivity index (χ1v) is 15.3. The van der Waals surface area contributed by atoms with Gasteiger partial charge in [-0.15, -0.1) is 0 Å². The predicted molar refractivity (Wildman–Crippen MR) is 178 cm³/mol. The Morgan fingerprint density at radius 2 is 1.67 bits per heavy atom. The van der Waals surface area contributed by atoms with E-state index in [1.165, 1.54) is 6.20 Å². The van der Waals surface area contributed by atoms with Crippen LogP contribution in [0.2, 0.25) is 0 Å². The molecule has 1 aliphatic rings. The molecule has 45 heavy (non-hydrogen) atoms. The summed E-state index contributed by atoms with van der Waals surface area (Å²) in [6.07, 6.45) is 7.82. The summed E-state index contributed by atoms with van der Waals surface area (Å²) in [5.74, 6) is 1.24. The Labute approximate surface area is 265 Å². The molecule has 1 aromatic carbocycles. The third-order valence-corrected chi connectivity index (χ3v) is 6.95. The maximum atomic E-state index is 13.6. The van der Waals surface area contributed by atoms with Gasteiger partial charge in [0.25, 0.3) is 5.91 Å². The molecule has 11 heteroatoms. The molecule has 0 aliphatic carbocycles. The number of carbonyl (C=O) groups excluding carboxylic acids is 2. The van der Waals surface area contributed by atoms with Gasteiger partial charge in [0.15, 0.2) is 5.82 Å². The number of benzene rings is 1. The highest BCUT2D eigenvalue weighted by atomic mass is 16.6. The maximum absolute atomic E-state index is 13.6. The molecule has 4 rings (SSSR count). The van der Waals surface area contributed by atoms with E-state index in [-0.39, 0.29) is 23.5 Å². The van der Waals surface area contributed by atoms with Gasteiger partial charge in [-0.3, -0.25) is 4.79 Å². The SMILES string of the molecule is C=C(OC(C)(C)C)c1ccc(-n2nc(C3CCN(C(=O)OC(C)(C)C)CC3)cc2NC(=O)c2cnn(/C=C\C)c2/N=C\C)cc1. The van der Waals surface area contributed by atoms with Crippen molar-refractivity contribution in [2.45, 2.75) is 85.4 Å². The van der Waals surface area contributed by atoms with E-state index in [0.717, 1.165) is 29.8 Å². The summed E-state index contributed by atoms with van der Waals surface area (Å²) in [7, 11) is 0. The van der Waals surface area contributed by atoms with Gasteiger partial charge < -0.3 is 19.7 Å². The number of hydrogen-bond acceptors (Lipinski definition) is 7. The van der Waals surface area contributed by atoms with Crippen LogP contribution in [0.5, 0.6) is 0 Å².